The third-order valence-corrected chi connectivity index (χ3v) is 5.26. The van der Waals surface area contributed by atoms with Gasteiger partial charge in [0.15, 0.2) is 0 Å². The zero-order chi connectivity index (χ0) is 16.1. The van der Waals surface area contributed by atoms with Crippen LogP contribution in [0.5, 0.6) is 0 Å². The van der Waals surface area contributed by atoms with Crippen molar-refractivity contribution < 1.29 is 9.21 Å². The van der Waals surface area contributed by atoms with Crippen molar-refractivity contribution in [3.63, 3.8) is 0 Å². The van der Waals surface area contributed by atoms with Crippen molar-refractivity contribution in [3.05, 3.63) is 53.0 Å². The monoisotopic (exact) mass is 310 g/mol. The molecule has 2 aliphatic heterocycles. The Morgan fingerprint density at radius 3 is 2.83 bits per heavy atom. The molecule has 3 heterocycles. The molecule has 0 spiro atoms. The second-order valence-corrected chi connectivity index (χ2v) is 6.85. The Bertz CT molecular complexity index is 764. The number of rotatable bonds is 1. The molecule has 4 heteroatoms. The fraction of sp³-hybridized carbons (Fsp3) is 0.421. The van der Waals surface area contributed by atoms with Crippen LogP contribution in [0.2, 0.25) is 0 Å². The molecule has 1 saturated heterocycles. The molecule has 4 nitrogen and oxygen atoms in total. The summed E-state index contributed by atoms with van der Waals surface area (Å²) >= 11 is 0. The molecule has 1 aromatic carbocycles. The first-order chi connectivity index (χ1) is 11.1. The van der Waals surface area contributed by atoms with Gasteiger partial charge in [0, 0.05) is 24.2 Å². The molecule has 0 saturated carbocycles. The number of carbonyl (C=O) groups excluding carboxylic acids is 1. The Labute approximate surface area is 136 Å². The Hall–Kier alpha value is -2.07. The minimum Gasteiger partial charge on any atom is -0.469 e. The summed E-state index contributed by atoms with van der Waals surface area (Å²) in [4.78, 5) is 17.5. The van der Waals surface area contributed by atoms with Crippen LogP contribution in [0.1, 0.15) is 39.6 Å². The SMILES string of the molecule is Cc1ccc2c(c1)[C@@H]1CN(C)CC[C@@H]1N2C(=O)c1ccoc1C. The predicted octanol–water partition coefficient (Wildman–Crippen LogP) is 3.34. The van der Waals surface area contributed by atoms with Crippen molar-refractivity contribution in [1.29, 1.82) is 0 Å². The average Bonchev–Trinajstić information content (AvgIpc) is 3.08. The van der Waals surface area contributed by atoms with Gasteiger partial charge in [-0.1, -0.05) is 17.7 Å². The average molecular weight is 310 g/mol. The first kappa shape index (κ1) is 14.5. The molecule has 0 bridgehead atoms. The van der Waals surface area contributed by atoms with Gasteiger partial charge < -0.3 is 14.2 Å². The van der Waals surface area contributed by atoms with E-state index in [-0.39, 0.29) is 11.9 Å². The number of nitrogens with zero attached hydrogens (tertiary/aromatic N) is 2. The van der Waals surface area contributed by atoms with E-state index in [0.717, 1.165) is 25.2 Å². The van der Waals surface area contributed by atoms with Crippen LogP contribution in [0.3, 0.4) is 0 Å². The third kappa shape index (κ3) is 2.20. The van der Waals surface area contributed by atoms with Crippen LogP contribution in [-0.2, 0) is 0 Å². The summed E-state index contributed by atoms with van der Waals surface area (Å²) in [6.45, 7) is 6.01. The second-order valence-electron chi connectivity index (χ2n) is 6.85. The first-order valence-electron chi connectivity index (χ1n) is 8.23. The molecule has 0 radical (unpaired) electrons. The summed E-state index contributed by atoms with van der Waals surface area (Å²) in [7, 11) is 2.16. The zero-order valence-corrected chi connectivity index (χ0v) is 13.9. The van der Waals surface area contributed by atoms with Gasteiger partial charge >= 0.3 is 0 Å². The van der Waals surface area contributed by atoms with E-state index < -0.39 is 0 Å². The van der Waals surface area contributed by atoms with Gasteiger partial charge in [-0.15, -0.1) is 0 Å². The van der Waals surface area contributed by atoms with Gasteiger partial charge in [-0.05, 0) is 51.6 Å². The summed E-state index contributed by atoms with van der Waals surface area (Å²) in [5, 5.41) is 0. The third-order valence-electron chi connectivity index (χ3n) is 5.26. The fourth-order valence-electron chi connectivity index (χ4n) is 4.08. The lowest BCUT2D eigenvalue weighted by atomic mass is 9.88. The minimum absolute atomic E-state index is 0.0680. The Morgan fingerprint density at radius 1 is 1.26 bits per heavy atom. The number of likely N-dealkylation sites (tertiary alicyclic amines) is 1. The fourth-order valence-corrected chi connectivity index (χ4v) is 4.08. The number of anilines is 1. The Balaban J connectivity index is 1.80. The van der Waals surface area contributed by atoms with Gasteiger partial charge in [0.1, 0.15) is 5.76 Å². The highest BCUT2D eigenvalue weighted by Crippen LogP contribution is 2.45. The molecule has 0 unspecified atom stereocenters. The van der Waals surface area contributed by atoms with Gasteiger partial charge in [0.05, 0.1) is 11.8 Å². The lowest BCUT2D eigenvalue weighted by molar-refractivity contribution is 0.0963. The topological polar surface area (TPSA) is 36.7 Å². The number of piperidine rings is 1. The maximum absolute atomic E-state index is 13.2. The summed E-state index contributed by atoms with van der Waals surface area (Å²) in [6.07, 6.45) is 2.61. The summed E-state index contributed by atoms with van der Waals surface area (Å²) in [5.41, 5.74) is 4.32. The van der Waals surface area contributed by atoms with E-state index in [0.29, 0.717) is 17.2 Å². The number of benzene rings is 1. The lowest BCUT2D eigenvalue weighted by Crippen LogP contribution is -2.47. The number of fused-ring (bicyclic) bond motifs is 3. The molecule has 23 heavy (non-hydrogen) atoms. The number of carbonyl (C=O) groups is 1. The van der Waals surface area contributed by atoms with Crippen LogP contribution in [-0.4, -0.2) is 37.0 Å². The molecule has 4 rings (SSSR count). The summed E-state index contributed by atoms with van der Waals surface area (Å²) in [6, 6.07) is 8.50. The van der Waals surface area contributed by atoms with Gasteiger partial charge in [0.2, 0.25) is 0 Å². The quantitative estimate of drug-likeness (QED) is 0.810. The summed E-state index contributed by atoms with van der Waals surface area (Å²) in [5.74, 6) is 1.17. The maximum atomic E-state index is 13.2. The highest BCUT2D eigenvalue weighted by molar-refractivity contribution is 6.08. The lowest BCUT2D eigenvalue weighted by Gasteiger charge is -2.36. The molecule has 0 aliphatic carbocycles. The van der Waals surface area contributed by atoms with Crippen molar-refractivity contribution in [2.24, 2.45) is 0 Å². The van der Waals surface area contributed by atoms with Gasteiger partial charge in [0.25, 0.3) is 5.91 Å². The molecular formula is C19H22N2O2. The van der Waals surface area contributed by atoms with E-state index in [2.05, 4.69) is 37.1 Å². The largest absolute Gasteiger partial charge is 0.469 e. The smallest absolute Gasteiger partial charge is 0.262 e. The summed E-state index contributed by atoms with van der Waals surface area (Å²) < 4.78 is 5.35. The predicted molar refractivity (Wildman–Crippen MR) is 90.1 cm³/mol. The number of likely N-dealkylation sites (N-methyl/N-ethyl adjacent to an activating group) is 1. The van der Waals surface area contributed by atoms with E-state index in [9.17, 15) is 4.79 Å². The molecule has 0 N–H and O–H groups in total. The van der Waals surface area contributed by atoms with Crippen LogP contribution in [0.15, 0.2) is 34.9 Å². The van der Waals surface area contributed by atoms with Gasteiger partial charge in [-0.3, -0.25) is 4.79 Å². The van der Waals surface area contributed by atoms with Crippen LogP contribution in [0.4, 0.5) is 5.69 Å². The second kappa shape index (κ2) is 5.24. The molecule has 1 aromatic heterocycles. The van der Waals surface area contributed by atoms with E-state index in [1.54, 1.807) is 12.3 Å². The molecule has 2 atom stereocenters. The molecule has 1 amide bonds. The zero-order valence-electron chi connectivity index (χ0n) is 13.9. The molecule has 2 aromatic rings. The number of hydrogen-bond donors (Lipinski definition) is 0. The molecule has 1 fully saturated rings. The van der Waals surface area contributed by atoms with Crippen molar-refractivity contribution in [2.75, 3.05) is 25.0 Å². The van der Waals surface area contributed by atoms with Crippen molar-refractivity contribution in [2.45, 2.75) is 32.2 Å². The van der Waals surface area contributed by atoms with E-state index >= 15 is 0 Å². The number of furan rings is 1. The van der Waals surface area contributed by atoms with Crippen LogP contribution < -0.4 is 4.90 Å². The van der Waals surface area contributed by atoms with Crippen molar-refractivity contribution >= 4 is 11.6 Å². The minimum atomic E-state index is 0.0680. The molecule has 2 aliphatic rings. The van der Waals surface area contributed by atoms with Crippen LogP contribution in [0, 0.1) is 13.8 Å². The van der Waals surface area contributed by atoms with Crippen molar-refractivity contribution in [3.8, 4) is 0 Å². The number of amides is 1. The molecule has 120 valence electrons. The van der Waals surface area contributed by atoms with E-state index in [1.807, 2.05) is 11.8 Å². The van der Waals surface area contributed by atoms with Gasteiger partial charge in [-0.2, -0.15) is 0 Å². The Kier molecular flexibility index (Phi) is 3.31. The number of hydrogen-bond acceptors (Lipinski definition) is 3. The maximum Gasteiger partial charge on any atom is 0.262 e. The van der Waals surface area contributed by atoms with E-state index in [1.165, 1.54) is 11.1 Å². The first-order valence-corrected chi connectivity index (χ1v) is 8.23. The van der Waals surface area contributed by atoms with Gasteiger partial charge in [-0.25, -0.2) is 0 Å². The Morgan fingerprint density at radius 2 is 2.09 bits per heavy atom. The van der Waals surface area contributed by atoms with Crippen molar-refractivity contribution in [1.82, 2.24) is 4.90 Å². The van der Waals surface area contributed by atoms with Crippen LogP contribution in [0.25, 0.3) is 0 Å². The van der Waals surface area contributed by atoms with E-state index in [4.69, 9.17) is 4.42 Å². The highest BCUT2D eigenvalue weighted by Gasteiger charge is 2.44. The highest BCUT2D eigenvalue weighted by atomic mass is 16.3. The number of aryl methyl sites for hydroxylation is 2. The molecular weight excluding hydrogens is 288 g/mol. The standard InChI is InChI=1S/C19H22N2O2/c1-12-4-5-17-15(10-12)16-11-20(3)8-6-18(16)21(17)19(22)14-7-9-23-13(14)2/h4-5,7,9-10,16,18H,6,8,11H2,1-3H3/t16-,18-/m0/s1. The van der Waals surface area contributed by atoms with Crippen LogP contribution >= 0.6 is 0 Å². The normalized spacial score (nSPS) is 23.7.